The van der Waals surface area contributed by atoms with Gasteiger partial charge in [0, 0.05) is 32.4 Å². The first-order chi connectivity index (χ1) is 17.4. The smallest absolute Gasteiger partial charge is 0.410 e. The second-order valence-corrected chi connectivity index (χ2v) is 11.0. The lowest BCUT2D eigenvalue weighted by Gasteiger charge is -2.33. The molecule has 4 rings (SSSR count). The summed E-state index contributed by atoms with van der Waals surface area (Å²) in [5, 5.41) is 0.0737. The van der Waals surface area contributed by atoms with E-state index >= 15 is 4.39 Å². The lowest BCUT2D eigenvalue weighted by molar-refractivity contribution is 0.0233. The Labute approximate surface area is 220 Å². The van der Waals surface area contributed by atoms with Gasteiger partial charge in [-0.15, -0.1) is 0 Å². The summed E-state index contributed by atoms with van der Waals surface area (Å²) in [7, 11) is 3.72. The van der Waals surface area contributed by atoms with Crippen LogP contribution in [0.5, 0.6) is 6.01 Å². The van der Waals surface area contributed by atoms with Crippen LogP contribution < -0.4 is 9.64 Å². The highest BCUT2D eigenvalue weighted by Crippen LogP contribution is 2.34. The molecule has 0 saturated carbocycles. The van der Waals surface area contributed by atoms with E-state index in [2.05, 4.69) is 15.0 Å². The highest BCUT2D eigenvalue weighted by Gasteiger charge is 2.39. The number of aromatic nitrogens is 3. The van der Waals surface area contributed by atoms with Gasteiger partial charge in [0.15, 0.2) is 11.0 Å². The van der Waals surface area contributed by atoms with Crippen molar-refractivity contribution < 1.29 is 23.0 Å². The van der Waals surface area contributed by atoms with Gasteiger partial charge < -0.3 is 19.3 Å². The Morgan fingerprint density at radius 1 is 1.35 bits per heavy atom. The molecular formula is C25H33ClF2N6O3. The summed E-state index contributed by atoms with van der Waals surface area (Å²) in [5.41, 5.74) is 0.0715. The number of anilines is 1. The highest BCUT2D eigenvalue weighted by molar-refractivity contribution is 6.30. The number of likely N-dealkylation sites (tertiary alicyclic amines) is 2. The first kappa shape index (κ1) is 27.3. The number of pyridine rings is 1. The van der Waals surface area contributed by atoms with Gasteiger partial charge in [-0.05, 0) is 53.2 Å². The quantitative estimate of drug-likeness (QED) is 0.511. The topological polar surface area (TPSA) is 83.9 Å². The van der Waals surface area contributed by atoms with Crippen molar-refractivity contribution in [3.8, 4) is 6.01 Å². The molecular weight excluding hydrogens is 506 g/mol. The van der Waals surface area contributed by atoms with Crippen molar-refractivity contribution in [1.82, 2.24) is 24.8 Å². The number of hydrogen-bond donors (Lipinski definition) is 0. The van der Waals surface area contributed by atoms with E-state index in [1.165, 1.54) is 6.20 Å². The Hall–Kier alpha value is -2.79. The molecule has 2 aromatic rings. The van der Waals surface area contributed by atoms with Crippen molar-refractivity contribution in [2.45, 2.75) is 64.3 Å². The molecule has 3 atom stereocenters. The molecule has 2 fully saturated rings. The van der Waals surface area contributed by atoms with Gasteiger partial charge in [-0.2, -0.15) is 9.97 Å². The number of ether oxygens (including phenoxy) is 2. The average molecular weight is 539 g/mol. The fraction of sp³-hybridized carbons (Fsp3) is 0.600. The molecule has 2 aliphatic rings. The van der Waals surface area contributed by atoms with E-state index in [1.54, 1.807) is 4.90 Å². The number of carbonyl (C=O) groups is 1. The van der Waals surface area contributed by atoms with Crippen molar-refractivity contribution in [3.63, 3.8) is 0 Å². The van der Waals surface area contributed by atoms with Crippen LogP contribution >= 0.6 is 11.6 Å². The molecule has 9 nitrogen and oxygen atoms in total. The van der Waals surface area contributed by atoms with Crippen LogP contribution in [0, 0.1) is 5.82 Å². The minimum absolute atomic E-state index is 0.00869. The molecule has 2 aromatic heterocycles. The van der Waals surface area contributed by atoms with Crippen LogP contribution in [0.4, 0.5) is 19.4 Å². The summed E-state index contributed by atoms with van der Waals surface area (Å²) in [6.07, 6.45) is 2.87. The number of nitrogens with zero attached hydrogens (tertiary/aromatic N) is 6. The molecule has 4 heterocycles. The van der Waals surface area contributed by atoms with Crippen molar-refractivity contribution in [3.05, 3.63) is 29.1 Å². The van der Waals surface area contributed by atoms with Crippen LogP contribution in [-0.2, 0) is 4.74 Å². The Morgan fingerprint density at radius 3 is 2.73 bits per heavy atom. The van der Waals surface area contributed by atoms with Crippen LogP contribution in [-0.4, -0.2) is 88.4 Å². The predicted molar refractivity (Wildman–Crippen MR) is 137 cm³/mol. The zero-order chi connectivity index (χ0) is 27.1. The lowest BCUT2D eigenvalue weighted by atomic mass is 10.1. The number of amides is 1. The minimum atomic E-state index is -0.767. The first-order valence-electron chi connectivity index (χ1n) is 12.2. The maximum absolute atomic E-state index is 15.0. The lowest BCUT2D eigenvalue weighted by Crippen LogP contribution is -2.45. The third kappa shape index (κ3) is 5.72. The van der Waals surface area contributed by atoms with Crippen LogP contribution in [0.25, 0.3) is 10.9 Å². The second kappa shape index (κ2) is 10.5. The molecule has 0 unspecified atom stereocenters. The standard InChI is InChI=1S/C25H33ClF2N6O3/c1-14-18(7-8-34(14)24(35)37-25(2,3)4)33(6)22-17-11-29-21(26)19(28)20(17)30-23(31-22)36-13-16-9-15(10-27)12-32(16)5/h10-11,14,16,18H,7-9,12-13H2,1-6H3/b15-10-/t14-,16-,18-/m1/s1. The van der Waals surface area contributed by atoms with E-state index in [0.717, 1.165) is 0 Å². The molecule has 202 valence electrons. The minimum Gasteiger partial charge on any atom is -0.462 e. The van der Waals surface area contributed by atoms with Gasteiger partial charge in [0.05, 0.1) is 23.8 Å². The summed E-state index contributed by atoms with van der Waals surface area (Å²) in [6.45, 7) is 8.65. The SMILES string of the molecule is C[C@@H]1[C@H](N(C)c2nc(OC[C@H]3C/C(=C/F)CN3C)nc3c(F)c(Cl)ncc23)CCN1C(=O)OC(C)(C)C. The van der Waals surface area contributed by atoms with Gasteiger partial charge in [0.25, 0.3) is 0 Å². The van der Waals surface area contributed by atoms with Gasteiger partial charge >= 0.3 is 12.1 Å². The highest BCUT2D eigenvalue weighted by atomic mass is 35.5. The molecule has 2 aliphatic heterocycles. The van der Waals surface area contributed by atoms with Crippen molar-refractivity contribution in [1.29, 1.82) is 0 Å². The van der Waals surface area contributed by atoms with E-state index in [4.69, 9.17) is 21.1 Å². The summed E-state index contributed by atoms with van der Waals surface area (Å²) < 4.78 is 39.5. The van der Waals surface area contributed by atoms with E-state index in [1.807, 2.05) is 51.6 Å². The third-order valence-corrected chi connectivity index (χ3v) is 7.17. The fourth-order valence-electron chi connectivity index (χ4n) is 4.92. The number of hydrogen-bond acceptors (Lipinski definition) is 8. The number of rotatable bonds is 5. The number of likely N-dealkylation sites (N-methyl/N-ethyl adjacent to an activating group) is 2. The first-order valence-corrected chi connectivity index (χ1v) is 12.6. The normalized spacial score (nSPS) is 23.8. The van der Waals surface area contributed by atoms with Crippen LogP contribution in [0.1, 0.15) is 40.5 Å². The zero-order valence-corrected chi connectivity index (χ0v) is 22.7. The maximum Gasteiger partial charge on any atom is 0.410 e. The van der Waals surface area contributed by atoms with Crippen molar-refractivity contribution in [2.75, 3.05) is 38.7 Å². The Bertz CT molecular complexity index is 1210. The number of carbonyl (C=O) groups excluding carboxylic acids is 1. The molecule has 0 N–H and O–H groups in total. The average Bonchev–Trinajstić information content (AvgIpc) is 3.40. The molecule has 1 amide bonds. The number of fused-ring (bicyclic) bond motifs is 1. The monoisotopic (exact) mass is 538 g/mol. The maximum atomic E-state index is 15.0. The van der Waals surface area contributed by atoms with Gasteiger partial charge in [-0.25, -0.2) is 18.6 Å². The van der Waals surface area contributed by atoms with Crippen LogP contribution in [0.2, 0.25) is 5.15 Å². The molecule has 37 heavy (non-hydrogen) atoms. The Kier molecular flexibility index (Phi) is 7.75. The van der Waals surface area contributed by atoms with Crippen LogP contribution in [0.15, 0.2) is 18.1 Å². The summed E-state index contributed by atoms with van der Waals surface area (Å²) >= 11 is 5.95. The second-order valence-electron chi connectivity index (χ2n) is 10.7. The van der Waals surface area contributed by atoms with Gasteiger partial charge in [-0.1, -0.05) is 11.6 Å². The summed E-state index contributed by atoms with van der Waals surface area (Å²) in [6, 6.07) is -0.408. The molecule has 12 heteroatoms. The zero-order valence-electron chi connectivity index (χ0n) is 22.0. The predicted octanol–water partition coefficient (Wildman–Crippen LogP) is 4.59. The fourth-order valence-corrected chi connectivity index (χ4v) is 5.06. The summed E-state index contributed by atoms with van der Waals surface area (Å²) in [4.78, 5) is 31.1. The van der Waals surface area contributed by atoms with Crippen molar-refractivity contribution >= 4 is 34.4 Å². The van der Waals surface area contributed by atoms with E-state index in [9.17, 15) is 9.18 Å². The number of halogens is 3. The molecule has 0 aromatic carbocycles. The van der Waals surface area contributed by atoms with E-state index in [-0.39, 0.29) is 47.5 Å². The molecule has 0 radical (unpaired) electrons. The molecule has 0 spiro atoms. The largest absolute Gasteiger partial charge is 0.462 e. The van der Waals surface area contributed by atoms with Gasteiger partial charge in [-0.3, -0.25) is 4.90 Å². The molecule has 0 aliphatic carbocycles. The van der Waals surface area contributed by atoms with Gasteiger partial charge in [0.2, 0.25) is 0 Å². The third-order valence-electron chi connectivity index (χ3n) is 6.91. The summed E-state index contributed by atoms with van der Waals surface area (Å²) in [5.74, 6) is -0.355. The molecule has 2 saturated heterocycles. The Balaban J connectivity index is 1.62. The van der Waals surface area contributed by atoms with E-state index < -0.39 is 11.4 Å². The van der Waals surface area contributed by atoms with Crippen LogP contribution in [0.3, 0.4) is 0 Å². The van der Waals surface area contributed by atoms with Crippen molar-refractivity contribution in [2.24, 2.45) is 0 Å². The molecule has 0 bridgehead atoms. The van der Waals surface area contributed by atoms with E-state index in [0.29, 0.717) is 49.0 Å². The Morgan fingerprint density at radius 2 is 2.08 bits per heavy atom. The van der Waals surface area contributed by atoms with Gasteiger partial charge in [0.1, 0.15) is 23.5 Å².